The van der Waals surface area contributed by atoms with Crippen LogP contribution < -0.4 is 5.32 Å². The minimum Gasteiger partial charge on any atom is -0.445 e. The highest BCUT2D eigenvalue weighted by molar-refractivity contribution is 5.92. The summed E-state index contributed by atoms with van der Waals surface area (Å²) in [6.07, 6.45) is 6.71. The van der Waals surface area contributed by atoms with Crippen molar-refractivity contribution in [1.82, 2.24) is 25.0 Å². The average Bonchev–Trinajstić information content (AvgIpc) is 3.49. The van der Waals surface area contributed by atoms with Crippen molar-refractivity contribution in [3.63, 3.8) is 0 Å². The quantitative estimate of drug-likeness (QED) is 0.168. The van der Waals surface area contributed by atoms with Gasteiger partial charge in [0.1, 0.15) is 18.7 Å². The Morgan fingerprint density at radius 3 is 2.33 bits per heavy atom. The fourth-order valence-electron chi connectivity index (χ4n) is 9.01. The van der Waals surface area contributed by atoms with Crippen molar-refractivity contribution >= 4 is 28.8 Å². The van der Waals surface area contributed by atoms with Crippen molar-refractivity contribution in [1.29, 1.82) is 0 Å². The number of nitrogens with zero attached hydrogens (tertiary/aromatic N) is 3. The van der Waals surface area contributed by atoms with E-state index in [1.165, 1.54) is 10.5 Å². The van der Waals surface area contributed by atoms with Crippen LogP contribution in [0.5, 0.6) is 0 Å². The van der Waals surface area contributed by atoms with Gasteiger partial charge < -0.3 is 29.4 Å². The molecule has 3 aliphatic heterocycles. The SMILES string of the molecule is CC(C(=O)NC(C(=O)N1CCC2C1C(c1c[nH]c3ccccc13)CN2C1OC1OCc1ccccc1)C1CCCCC1)N(C)C(=O)OCc1ccccc1. The fourth-order valence-corrected chi connectivity index (χ4v) is 9.01. The number of carbonyl (C=O) groups excluding carboxylic acids is 3. The maximum absolute atomic E-state index is 15.0. The Bertz CT molecular complexity index is 1910. The molecule has 0 spiro atoms. The van der Waals surface area contributed by atoms with Crippen molar-refractivity contribution in [2.24, 2.45) is 5.92 Å². The van der Waals surface area contributed by atoms with Gasteiger partial charge in [-0.2, -0.15) is 0 Å². The first-order chi connectivity index (χ1) is 26.4. The lowest BCUT2D eigenvalue weighted by Crippen LogP contribution is -2.58. The van der Waals surface area contributed by atoms with Crippen molar-refractivity contribution in [3.05, 3.63) is 108 Å². The highest BCUT2D eigenvalue weighted by atomic mass is 16.8. The molecule has 3 saturated heterocycles. The number of amides is 3. The zero-order valence-corrected chi connectivity index (χ0v) is 31.1. The van der Waals surface area contributed by atoms with Gasteiger partial charge in [0.2, 0.25) is 11.8 Å². The van der Waals surface area contributed by atoms with Gasteiger partial charge in [0, 0.05) is 49.2 Å². The van der Waals surface area contributed by atoms with Crippen LogP contribution in [0, 0.1) is 5.92 Å². The van der Waals surface area contributed by atoms with Gasteiger partial charge >= 0.3 is 6.09 Å². The number of H-pyrrole nitrogens is 1. The maximum atomic E-state index is 15.0. The molecule has 1 aromatic heterocycles. The van der Waals surface area contributed by atoms with Crippen molar-refractivity contribution < 1.29 is 28.6 Å². The molecule has 0 radical (unpaired) electrons. The second kappa shape index (κ2) is 15.9. The van der Waals surface area contributed by atoms with Crippen molar-refractivity contribution in [2.75, 3.05) is 20.1 Å². The first-order valence-electron chi connectivity index (χ1n) is 19.5. The largest absolute Gasteiger partial charge is 0.445 e. The lowest BCUT2D eigenvalue weighted by atomic mass is 9.82. The Hall–Kier alpha value is -4.71. The third kappa shape index (κ3) is 7.49. The van der Waals surface area contributed by atoms with E-state index in [9.17, 15) is 9.59 Å². The molecule has 4 fully saturated rings. The first-order valence-corrected chi connectivity index (χ1v) is 19.5. The lowest BCUT2D eigenvalue weighted by molar-refractivity contribution is -0.140. The number of benzene rings is 3. The number of likely N-dealkylation sites (tertiary alicyclic amines) is 2. The Morgan fingerprint density at radius 2 is 1.59 bits per heavy atom. The number of aromatic amines is 1. The van der Waals surface area contributed by atoms with Gasteiger partial charge in [-0.3, -0.25) is 19.4 Å². The number of fused-ring (bicyclic) bond motifs is 2. The Morgan fingerprint density at radius 1 is 0.907 bits per heavy atom. The normalized spacial score (nSPS) is 25.2. The molecule has 1 saturated carbocycles. The van der Waals surface area contributed by atoms with Crippen LogP contribution in [0.3, 0.4) is 0 Å². The van der Waals surface area contributed by atoms with Gasteiger partial charge in [-0.1, -0.05) is 98.1 Å². The molecule has 2 N–H and O–H groups in total. The molecule has 4 aliphatic rings. The molecule has 4 heterocycles. The summed E-state index contributed by atoms with van der Waals surface area (Å²) in [7, 11) is 1.57. The van der Waals surface area contributed by atoms with Crippen LogP contribution in [0.4, 0.5) is 4.79 Å². The smallest absolute Gasteiger partial charge is 0.410 e. The maximum Gasteiger partial charge on any atom is 0.410 e. The van der Waals surface area contributed by atoms with Crippen LogP contribution in [0.15, 0.2) is 91.1 Å². The highest BCUT2D eigenvalue weighted by Crippen LogP contribution is 2.47. The zero-order valence-electron chi connectivity index (χ0n) is 31.1. The number of para-hydroxylation sites is 1. The standard InChI is InChI=1S/C43H51N5O6/c1-28(46(2)43(51)53-27-30-16-8-4-9-17-30)39(49)45-37(31-18-10-5-11-19-31)40(50)47-23-22-36-38(47)34(33-24-44-35-21-13-12-20-32(33)35)25-48(36)41-42(54-41)52-26-29-14-6-3-7-15-29/h3-4,6-9,12-17,20-21,24,28,31,34,36-38,41-42,44H,5,10-11,18-19,22-23,25-27H2,1-2H3,(H,45,49). The van der Waals surface area contributed by atoms with E-state index >= 15 is 4.79 Å². The summed E-state index contributed by atoms with van der Waals surface area (Å²) < 4.78 is 17.9. The summed E-state index contributed by atoms with van der Waals surface area (Å²) in [6.45, 7) is 3.58. The molecule has 11 nitrogen and oxygen atoms in total. The minimum atomic E-state index is -0.834. The highest BCUT2D eigenvalue weighted by Gasteiger charge is 2.59. The number of likely N-dealkylation sites (N-methyl/N-ethyl adjacent to an activating group) is 1. The number of hydrogen-bond acceptors (Lipinski definition) is 7. The van der Waals surface area contributed by atoms with Gasteiger partial charge in [-0.15, -0.1) is 0 Å². The van der Waals surface area contributed by atoms with Crippen LogP contribution in [-0.4, -0.2) is 94.4 Å². The molecule has 0 bridgehead atoms. The molecule has 11 heteroatoms. The molecule has 7 unspecified atom stereocenters. The van der Waals surface area contributed by atoms with E-state index in [1.807, 2.05) is 54.6 Å². The summed E-state index contributed by atoms with van der Waals surface area (Å²) in [5.41, 5.74) is 4.22. The summed E-state index contributed by atoms with van der Waals surface area (Å²) in [6, 6.07) is 26.3. The number of rotatable bonds is 12. The number of carbonyl (C=O) groups is 3. The summed E-state index contributed by atoms with van der Waals surface area (Å²) in [5, 5.41) is 4.33. The molecule has 1 aliphatic carbocycles. The van der Waals surface area contributed by atoms with E-state index in [0.29, 0.717) is 13.2 Å². The molecule has 8 rings (SSSR count). The Kier molecular flexibility index (Phi) is 10.7. The van der Waals surface area contributed by atoms with Gasteiger partial charge in [0.05, 0.1) is 12.6 Å². The lowest BCUT2D eigenvalue weighted by Gasteiger charge is -2.37. The Balaban J connectivity index is 1.01. The van der Waals surface area contributed by atoms with Crippen LogP contribution in [0.25, 0.3) is 10.9 Å². The van der Waals surface area contributed by atoms with Gasteiger partial charge in [0.25, 0.3) is 0 Å². The summed E-state index contributed by atoms with van der Waals surface area (Å²) in [4.78, 5) is 51.2. The minimum absolute atomic E-state index is 0.0170. The van der Waals surface area contributed by atoms with Crippen molar-refractivity contribution in [2.45, 2.75) is 101 Å². The second-order valence-electron chi connectivity index (χ2n) is 15.4. The van der Waals surface area contributed by atoms with Crippen LogP contribution in [-0.2, 0) is 37.0 Å². The monoisotopic (exact) mass is 733 g/mol. The topological polar surface area (TPSA) is 120 Å². The van der Waals surface area contributed by atoms with E-state index in [4.69, 9.17) is 14.2 Å². The number of aromatic nitrogens is 1. The molecule has 3 aromatic carbocycles. The van der Waals surface area contributed by atoms with Gasteiger partial charge in [-0.05, 0) is 54.9 Å². The first kappa shape index (κ1) is 36.3. The van der Waals surface area contributed by atoms with Crippen LogP contribution in [0.2, 0.25) is 0 Å². The predicted molar refractivity (Wildman–Crippen MR) is 204 cm³/mol. The number of ether oxygens (including phenoxy) is 3. The zero-order chi connectivity index (χ0) is 37.2. The van der Waals surface area contributed by atoms with Crippen molar-refractivity contribution in [3.8, 4) is 0 Å². The number of epoxide rings is 1. The molecule has 284 valence electrons. The summed E-state index contributed by atoms with van der Waals surface area (Å²) in [5.74, 6) is -0.350. The van der Waals surface area contributed by atoms with Crippen LogP contribution in [0.1, 0.15) is 68.1 Å². The third-order valence-electron chi connectivity index (χ3n) is 12.1. The molecule has 4 aromatic rings. The Labute approximate surface area is 316 Å². The molecule has 3 amide bonds. The van der Waals surface area contributed by atoms with E-state index in [2.05, 4.69) is 56.6 Å². The van der Waals surface area contributed by atoms with Crippen LogP contribution >= 0.6 is 0 Å². The van der Waals surface area contributed by atoms with Gasteiger partial charge in [0.15, 0.2) is 12.5 Å². The van der Waals surface area contributed by atoms with E-state index < -0.39 is 18.2 Å². The van der Waals surface area contributed by atoms with E-state index in [1.54, 1.807) is 14.0 Å². The van der Waals surface area contributed by atoms with Gasteiger partial charge in [-0.25, -0.2) is 4.79 Å². The third-order valence-corrected chi connectivity index (χ3v) is 12.1. The molecule has 54 heavy (non-hydrogen) atoms. The molecular formula is C43H51N5O6. The predicted octanol–water partition coefficient (Wildman–Crippen LogP) is 6.16. The number of hydrogen-bond donors (Lipinski definition) is 2. The molecule has 7 atom stereocenters. The van der Waals surface area contributed by atoms with E-state index in [0.717, 1.165) is 67.1 Å². The summed E-state index contributed by atoms with van der Waals surface area (Å²) >= 11 is 0. The van der Waals surface area contributed by atoms with E-state index in [-0.39, 0.29) is 54.9 Å². The fraction of sp³-hybridized carbons (Fsp3) is 0.465. The second-order valence-corrected chi connectivity index (χ2v) is 15.4. The average molecular weight is 734 g/mol. The number of nitrogens with one attached hydrogen (secondary N) is 2. The molecular weight excluding hydrogens is 683 g/mol.